The summed E-state index contributed by atoms with van der Waals surface area (Å²) in [6.45, 7) is 15.8. The van der Waals surface area contributed by atoms with Crippen LogP contribution >= 0.6 is 0 Å². The number of carbonyl (C=O) groups is 2. The monoisotopic (exact) mass is 442 g/mol. The van der Waals surface area contributed by atoms with Crippen molar-refractivity contribution in [1.82, 2.24) is 10.3 Å². The number of hydrogen-bond acceptors (Lipinski definition) is 4. The Morgan fingerprint density at radius 1 is 1.19 bits per heavy atom. The molecule has 31 heavy (non-hydrogen) atoms. The molecule has 0 aliphatic heterocycles. The Kier molecular flexibility index (Phi) is 8.47. The van der Waals surface area contributed by atoms with Gasteiger partial charge in [-0.05, 0) is 54.9 Å². The van der Waals surface area contributed by atoms with Crippen LogP contribution in [-0.2, 0) is 9.53 Å². The highest BCUT2D eigenvalue weighted by atomic mass is 28.3. The fourth-order valence-corrected chi connectivity index (χ4v) is 10.5. The lowest BCUT2D eigenvalue weighted by atomic mass is 9.95. The molecule has 2 atom stereocenters. The van der Waals surface area contributed by atoms with Crippen molar-refractivity contribution in [1.29, 1.82) is 0 Å². The maximum atomic E-state index is 12.9. The smallest absolute Gasteiger partial charge is 0.331 e. The third-order valence-electron chi connectivity index (χ3n) is 6.79. The molecule has 5 nitrogen and oxygen atoms in total. The normalized spacial score (nSPS) is 21.2. The fraction of sp³-hybridized carbons (Fsp3) is 0.640. The topological polar surface area (TPSA) is 68.3 Å². The van der Waals surface area contributed by atoms with E-state index in [1.54, 1.807) is 31.3 Å². The summed E-state index contributed by atoms with van der Waals surface area (Å²) in [5.74, 6) is 2.91. The van der Waals surface area contributed by atoms with Crippen LogP contribution in [0.15, 0.2) is 24.4 Å². The molecule has 1 aliphatic carbocycles. The Hall–Kier alpha value is -2.13. The predicted molar refractivity (Wildman–Crippen MR) is 127 cm³/mol. The van der Waals surface area contributed by atoms with Gasteiger partial charge in [0.05, 0.1) is 6.61 Å². The largest absolute Gasteiger partial charge is 0.464 e. The van der Waals surface area contributed by atoms with E-state index < -0.39 is 13.6 Å². The van der Waals surface area contributed by atoms with Crippen LogP contribution in [0.25, 0.3) is 0 Å². The molecule has 1 aliphatic rings. The second-order valence-electron chi connectivity index (χ2n) is 9.58. The van der Waals surface area contributed by atoms with Gasteiger partial charge in [0.1, 0.15) is 19.3 Å². The van der Waals surface area contributed by atoms with Gasteiger partial charge in [-0.1, -0.05) is 47.6 Å². The Morgan fingerprint density at radius 2 is 1.84 bits per heavy atom. The summed E-state index contributed by atoms with van der Waals surface area (Å²) in [4.78, 5) is 29.8. The van der Waals surface area contributed by atoms with Crippen molar-refractivity contribution < 1.29 is 14.3 Å². The zero-order chi connectivity index (χ0) is 23.2. The molecule has 0 spiro atoms. The molecular formula is C25H38N2O3Si. The molecule has 1 saturated carbocycles. The summed E-state index contributed by atoms with van der Waals surface area (Å²) in [6, 6.07) is 5.16. The minimum Gasteiger partial charge on any atom is -0.464 e. The Labute approximate surface area is 188 Å². The average molecular weight is 443 g/mol. The van der Waals surface area contributed by atoms with Crippen molar-refractivity contribution in [2.45, 2.75) is 89.9 Å². The van der Waals surface area contributed by atoms with Crippen LogP contribution in [-0.4, -0.2) is 37.1 Å². The summed E-state index contributed by atoms with van der Waals surface area (Å²) in [5, 5.41) is 2.96. The molecule has 0 aromatic carbocycles. The lowest BCUT2D eigenvalue weighted by molar-refractivity contribution is -0.150. The molecule has 2 rings (SSSR count). The van der Waals surface area contributed by atoms with Gasteiger partial charge in [-0.2, -0.15) is 0 Å². The minimum absolute atomic E-state index is 0.0663. The van der Waals surface area contributed by atoms with E-state index >= 15 is 0 Å². The lowest BCUT2D eigenvalue weighted by Crippen LogP contribution is -2.53. The minimum atomic E-state index is -1.84. The molecule has 1 aromatic rings. The average Bonchev–Trinajstić information content (AvgIpc) is 3.12. The van der Waals surface area contributed by atoms with Gasteiger partial charge in [-0.15, -0.1) is 11.5 Å². The summed E-state index contributed by atoms with van der Waals surface area (Å²) in [5.41, 5.74) is 4.70. The SMILES string of the molecule is CCOC(=O)C1(NC(=O)c2ccccn2)CCC(C#C[Si](C(C)C)(C(C)C)C(C)C)C1. The maximum Gasteiger partial charge on any atom is 0.331 e. The number of nitrogens with one attached hydrogen (secondary N) is 1. The molecule has 1 fully saturated rings. The van der Waals surface area contributed by atoms with Gasteiger partial charge < -0.3 is 10.1 Å². The first-order valence-electron chi connectivity index (χ1n) is 11.5. The quantitative estimate of drug-likeness (QED) is 0.361. The van der Waals surface area contributed by atoms with Crippen LogP contribution in [0.4, 0.5) is 0 Å². The molecule has 1 N–H and O–H groups in total. The number of aromatic nitrogens is 1. The highest BCUT2D eigenvalue weighted by Crippen LogP contribution is 2.42. The zero-order valence-corrected chi connectivity index (χ0v) is 21.1. The van der Waals surface area contributed by atoms with E-state index in [9.17, 15) is 9.59 Å². The Bertz CT molecular complexity index is 804. The number of nitrogens with zero attached hydrogens (tertiary/aromatic N) is 1. The summed E-state index contributed by atoms with van der Waals surface area (Å²) in [6.07, 6.45) is 3.36. The lowest BCUT2D eigenvalue weighted by Gasteiger charge is -2.38. The molecule has 170 valence electrons. The van der Waals surface area contributed by atoms with Gasteiger partial charge in [-0.25, -0.2) is 4.79 Å². The Morgan fingerprint density at radius 3 is 2.35 bits per heavy atom. The maximum absolute atomic E-state index is 12.9. The summed E-state index contributed by atoms with van der Waals surface area (Å²) in [7, 11) is -1.84. The van der Waals surface area contributed by atoms with Crippen molar-refractivity contribution in [2.75, 3.05) is 6.61 Å². The molecule has 0 bridgehead atoms. The first-order chi connectivity index (χ1) is 14.6. The van der Waals surface area contributed by atoms with Gasteiger partial charge in [-0.3, -0.25) is 9.78 Å². The van der Waals surface area contributed by atoms with Crippen molar-refractivity contribution in [2.24, 2.45) is 5.92 Å². The van der Waals surface area contributed by atoms with E-state index in [0.29, 0.717) is 35.2 Å². The van der Waals surface area contributed by atoms with E-state index in [0.717, 1.165) is 6.42 Å². The van der Waals surface area contributed by atoms with Crippen molar-refractivity contribution >= 4 is 20.0 Å². The van der Waals surface area contributed by atoms with Gasteiger partial charge in [0.2, 0.25) is 0 Å². The predicted octanol–water partition coefficient (Wildman–Crippen LogP) is 5.13. The van der Waals surface area contributed by atoms with Crippen LogP contribution in [0, 0.1) is 17.4 Å². The molecule has 0 saturated heterocycles. The van der Waals surface area contributed by atoms with Crippen LogP contribution < -0.4 is 5.32 Å². The van der Waals surface area contributed by atoms with E-state index in [1.165, 1.54) is 0 Å². The van der Waals surface area contributed by atoms with Crippen LogP contribution in [0.3, 0.4) is 0 Å². The molecule has 6 heteroatoms. The highest BCUT2D eigenvalue weighted by molar-refractivity contribution is 6.90. The standard InChI is InChI=1S/C25H38N2O3Si/c1-8-30-24(29)25(27-23(28)22-11-9-10-15-26-22)14-12-21(17-25)13-16-31(18(2)3,19(4)5)20(6)7/h9-11,15,18-21H,8,12,14,17H2,1-7H3,(H,27,28). The van der Waals surface area contributed by atoms with Crippen molar-refractivity contribution in [3.63, 3.8) is 0 Å². The Balaban J connectivity index is 2.31. The van der Waals surface area contributed by atoms with Gasteiger partial charge >= 0.3 is 5.97 Å². The summed E-state index contributed by atoms with van der Waals surface area (Å²) >= 11 is 0. The number of ether oxygens (including phenoxy) is 1. The van der Waals surface area contributed by atoms with Gasteiger partial charge in [0.25, 0.3) is 5.91 Å². The number of esters is 1. The fourth-order valence-electron chi connectivity index (χ4n) is 5.23. The third kappa shape index (κ3) is 5.38. The molecule has 2 unspecified atom stereocenters. The van der Waals surface area contributed by atoms with E-state index in [1.807, 2.05) is 0 Å². The molecular weight excluding hydrogens is 404 g/mol. The molecule has 1 heterocycles. The van der Waals surface area contributed by atoms with Gasteiger partial charge in [0.15, 0.2) is 0 Å². The van der Waals surface area contributed by atoms with E-state index in [4.69, 9.17) is 4.74 Å². The third-order valence-corrected chi connectivity index (χ3v) is 13.1. The van der Waals surface area contributed by atoms with Crippen LogP contribution in [0.2, 0.25) is 16.6 Å². The second-order valence-corrected chi connectivity index (χ2v) is 15.2. The zero-order valence-electron chi connectivity index (χ0n) is 20.1. The van der Waals surface area contributed by atoms with Crippen LogP contribution in [0.5, 0.6) is 0 Å². The highest BCUT2D eigenvalue weighted by Gasteiger charge is 2.48. The van der Waals surface area contributed by atoms with Crippen LogP contribution in [0.1, 0.15) is 78.2 Å². The number of rotatable bonds is 7. The first-order valence-corrected chi connectivity index (χ1v) is 13.8. The van der Waals surface area contributed by atoms with Crippen molar-refractivity contribution in [3.8, 4) is 11.5 Å². The summed E-state index contributed by atoms with van der Waals surface area (Å²) < 4.78 is 5.36. The molecule has 1 amide bonds. The first kappa shape index (κ1) is 25.1. The van der Waals surface area contributed by atoms with Gasteiger partial charge in [0, 0.05) is 12.1 Å². The number of carbonyl (C=O) groups excluding carboxylic acids is 2. The molecule has 0 radical (unpaired) electrons. The number of pyridine rings is 1. The number of amides is 1. The molecule has 1 aromatic heterocycles. The van der Waals surface area contributed by atoms with E-state index in [2.05, 4.69) is 63.3 Å². The van der Waals surface area contributed by atoms with Crippen molar-refractivity contribution in [3.05, 3.63) is 30.1 Å². The van der Waals surface area contributed by atoms with E-state index in [-0.39, 0.29) is 24.4 Å². The number of hydrogen-bond donors (Lipinski definition) is 1. The second kappa shape index (κ2) is 10.5.